The second-order valence-corrected chi connectivity index (χ2v) is 10.0. The Bertz CT molecular complexity index is 841. The Hall–Kier alpha value is -2.77. The highest BCUT2D eigenvalue weighted by atomic mass is 16.6. The number of phenols is 1. The third-order valence-electron chi connectivity index (χ3n) is 6.25. The molecule has 3 rings (SSSR count). The molecule has 1 aromatic carbocycles. The van der Waals surface area contributed by atoms with E-state index < -0.39 is 17.7 Å². The number of nitrogens with one attached hydrogen (secondary N) is 2. The van der Waals surface area contributed by atoms with E-state index in [9.17, 15) is 19.5 Å². The van der Waals surface area contributed by atoms with Crippen molar-refractivity contribution in [2.24, 2.45) is 0 Å². The van der Waals surface area contributed by atoms with Crippen molar-refractivity contribution in [3.8, 4) is 5.75 Å². The minimum Gasteiger partial charge on any atom is -0.508 e. The number of amides is 3. The van der Waals surface area contributed by atoms with Crippen LogP contribution in [0.25, 0.3) is 0 Å². The molecule has 3 N–H and O–H groups in total. The summed E-state index contributed by atoms with van der Waals surface area (Å²) in [6.07, 6.45) is 6.96. The molecule has 0 bridgehead atoms. The Morgan fingerprint density at radius 3 is 2.30 bits per heavy atom. The molecule has 0 saturated heterocycles. The van der Waals surface area contributed by atoms with Gasteiger partial charge < -0.3 is 25.4 Å². The first-order valence-corrected chi connectivity index (χ1v) is 12.0. The van der Waals surface area contributed by atoms with Gasteiger partial charge in [-0.05, 0) is 58.9 Å². The lowest BCUT2D eigenvalue weighted by atomic mass is 9.88. The summed E-state index contributed by atoms with van der Waals surface area (Å²) in [4.78, 5) is 40.6. The number of carbonyl (C=O) groups excluding carboxylic acids is 3. The topological polar surface area (TPSA) is 108 Å². The minimum atomic E-state index is -0.966. The standard InChI is InChI=1S/C25H37N3O5/c1-25(2,3)33-24(32)26-16-21(30)28(18-12-9-13-18)22(19-14-7-8-15-20(19)29)23(31)27-17-10-5-4-6-11-17/h7-8,14-15,17-18,22,29H,4-6,9-13,16H2,1-3H3,(H,26,32)(H,27,31). The van der Waals surface area contributed by atoms with Crippen molar-refractivity contribution in [1.82, 2.24) is 15.5 Å². The molecule has 1 atom stereocenters. The Labute approximate surface area is 196 Å². The van der Waals surface area contributed by atoms with Gasteiger partial charge in [0.25, 0.3) is 0 Å². The molecule has 0 spiro atoms. The van der Waals surface area contributed by atoms with Crippen LogP contribution >= 0.6 is 0 Å². The smallest absolute Gasteiger partial charge is 0.408 e. The molecule has 1 aromatic rings. The number of para-hydroxylation sites is 1. The van der Waals surface area contributed by atoms with Gasteiger partial charge in [-0.2, -0.15) is 0 Å². The molecule has 0 aromatic heterocycles. The molecule has 8 nitrogen and oxygen atoms in total. The van der Waals surface area contributed by atoms with Crippen molar-refractivity contribution >= 4 is 17.9 Å². The van der Waals surface area contributed by atoms with Crippen LogP contribution in [0.15, 0.2) is 24.3 Å². The Morgan fingerprint density at radius 1 is 1.06 bits per heavy atom. The number of rotatable bonds is 7. The van der Waals surface area contributed by atoms with Crippen LogP contribution < -0.4 is 10.6 Å². The van der Waals surface area contributed by atoms with Crippen LogP contribution in [0.4, 0.5) is 4.79 Å². The molecule has 2 aliphatic carbocycles. The third kappa shape index (κ3) is 6.85. The Balaban J connectivity index is 1.83. The van der Waals surface area contributed by atoms with Crippen molar-refractivity contribution in [2.45, 2.75) is 95.9 Å². The normalized spacial score (nSPS) is 18.0. The van der Waals surface area contributed by atoms with E-state index in [0.29, 0.717) is 5.56 Å². The number of benzene rings is 1. The predicted molar refractivity (Wildman–Crippen MR) is 125 cm³/mol. The maximum absolute atomic E-state index is 13.6. The van der Waals surface area contributed by atoms with Gasteiger partial charge >= 0.3 is 6.09 Å². The maximum Gasteiger partial charge on any atom is 0.408 e. The molecule has 8 heteroatoms. The molecule has 3 amide bonds. The zero-order valence-electron chi connectivity index (χ0n) is 19.9. The Kier molecular flexibility index (Phi) is 8.21. The largest absolute Gasteiger partial charge is 0.508 e. The van der Waals surface area contributed by atoms with Gasteiger partial charge in [0.1, 0.15) is 23.9 Å². The monoisotopic (exact) mass is 459 g/mol. The fraction of sp³-hybridized carbons (Fsp3) is 0.640. The summed E-state index contributed by atoms with van der Waals surface area (Å²) in [5, 5.41) is 16.2. The highest BCUT2D eigenvalue weighted by Crippen LogP contribution is 2.36. The first kappa shape index (κ1) is 24.9. The summed E-state index contributed by atoms with van der Waals surface area (Å²) >= 11 is 0. The molecule has 2 aliphatic rings. The van der Waals surface area contributed by atoms with E-state index in [4.69, 9.17) is 4.74 Å². The van der Waals surface area contributed by atoms with Gasteiger partial charge in [0.15, 0.2) is 0 Å². The summed E-state index contributed by atoms with van der Waals surface area (Å²) in [5.74, 6) is -0.697. The average Bonchev–Trinajstić information content (AvgIpc) is 2.71. The van der Waals surface area contributed by atoms with Gasteiger partial charge in [-0.1, -0.05) is 37.5 Å². The van der Waals surface area contributed by atoms with E-state index in [1.165, 1.54) is 6.07 Å². The van der Waals surface area contributed by atoms with Crippen LogP contribution in [-0.4, -0.2) is 52.1 Å². The van der Waals surface area contributed by atoms with Crippen LogP contribution in [-0.2, 0) is 14.3 Å². The van der Waals surface area contributed by atoms with Crippen molar-refractivity contribution in [3.63, 3.8) is 0 Å². The average molecular weight is 460 g/mol. The van der Waals surface area contributed by atoms with Crippen LogP contribution in [0.2, 0.25) is 0 Å². The van der Waals surface area contributed by atoms with E-state index >= 15 is 0 Å². The van der Waals surface area contributed by atoms with Crippen molar-refractivity contribution in [2.75, 3.05) is 6.54 Å². The number of nitrogens with zero attached hydrogens (tertiary/aromatic N) is 1. The number of carbonyl (C=O) groups is 3. The molecule has 1 unspecified atom stereocenters. The van der Waals surface area contributed by atoms with Gasteiger partial charge in [0.2, 0.25) is 11.8 Å². The zero-order valence-corrected chi connectivity index (χ0v) is 19.9. The number of alkyl carbamates (subject to hydrolysis) is 1. The summed E-state index contributed by atoms with van der Waals surface area (Å²) in [6.45, 7) is 4.96. The summed E-state index contributed by atoms with van der Waals surface area (Å²) in [6, 6.07) is 5.62. The highest BCUT2D eigenvalue weighted by molar-refractivity contribution is 5.91. The second kappa shape index (κ2) is 10.9. The van der Waals surface area contributed by atoms with Gasteiger partial charge in [-0.25, -0.2) is 4.79 Å². The summed E-state index contributed by atoms with van der Waals surface area (Å²) < 4.78 is 5.24. The third-order valence-corrected chi connectivity index (χ3v) is 6.25. The minimum absolute atomic E-state index is 0.0291. The summed E-state index contributed by atoms with van der Waals surface area (Å²) in [5.41, 5.74) is -0.290. The second-order valence-electron chi connectivity index (χ2n) is 10.0. The van der Waals surface area contributed by atoms with Crippen molar-refractivity contribution < 1.29 is 24.2 Å². The van der Waals surface area contributed by atoms with Crippen LogP contribution in [0.3, 0.4) is 0 Å². The van der Waals surface area contributed by atoms with E-state index in [1.807, 2.05) is 0 Å². The lowest BCUT2D eigenvalue weighted by molar-refractivity contribution is -0.145. The number of ether oxygens (including phenoxy) is 1. The molecule has 2 fully saturated rings. The van der Waals surface area contributed by atoms with Gasteiger partial charge in [-0.3, -0.25) is 9.59 Å². The quantitative estimate of drug-likeness (QED) is 0.575. The fourth-order valence-electron chi connectivity index (χ4n) is 4.44. The van der Waals surface area contributed by atoms with E-state index in [2.05, 4.69) is 10.6 Å². The zero-order chi connectivity index (χ0) is 24.0. The van der Waals surface area contributed by atoms with E-state index in [1.54, 1.807) is 43.9 Å². The number of phenolic OH excluding ortho intramolecular Hbond substituents is 1. The number of hydrogen-bond acceptors (Lipinski definition) is 5. The lowest BCUT2D eigenvalue weighted by Gasteiger charge is -2.42. The van der Waals surface area contributed by atoms with Crippen molar-refractivity contribution in [1.29, 1.82) is 0 Å². The van der Waals surface area contributed by atoms with Gasteiger partial charge in [-0.15, -0.1) is 0 Å². The summed E-state index contributed by atoms with van der Waals surface area (Å²) in [7, 11) is 0. The van der Waals surface area contributed by atoms with Gasteiger partial charge in [0.05, 0.1) is 0 Å². The van der Waals surface area contributed by atoms with Crippen molar-refractivity contribution in [3.05, 3.63) is 29.8 Å². The van der Waals surface area contributed by atoms with Crippen LogP contribution in [0.5, 0.6) is 5.75 Å². The SMILES string of the molecule is CC(C)(C)OC(=O)NCC(=O)N(C1CCC1)C(C(=O)NC1CCCCC1)c1ccccc1O. The van der Waals surface area contributed by atoms with Crippen LogP contribution in [0, 0.1) is 0 Å². The molecule has 0 heterocycles. The first-order valence-electron chi connectivity index (χ1n) is 12.0. The maximum atomic E-state index is 13.6. The molecular weight excluding hydrogens is 422 g/mol. The molecular formula is C25H37N3O5. The number of aromatic hydroxyl groups is 1. The Morgan fingerprint density at radius 2 is 1.73 bits per heavy atom. The van der Waals surface area contributed by atoms with Crippen LogP contribution in [0.1, 0.15) is 83.7 Å². The number of hydrogen-bond donors (Lipinski definition) is 3. The molecule has 0 radical (unpaired) electrons. The molecule has 182 valence electrons. The molecule has 2 saturated carbocycles. The lowest BCUT2D eigenvalue weighted by Crippen LogP contribution is -2.54. The van der Waals surface area contributed by atoms with Gasteiger partial charge in [0, 0.05) is 17.6 Å². The molecule has 0 aliphatic heterocycles. The highest BCUT2D eigenvalue weighted by Gasteiger charge is 2.40. The van der Waals surface area contributed by atoms with E-state index in [0.717, 1.165) is 51.4 Å². The predicted octanol–water partition coefficient (Wildman–Crippen LogP) is 3.79. The van der Waals surface area contributed by atoms with E-state index in [-0.39, 0.29) is 36.2 Å². The molecule has 33 heavy (non-hydrogen) atoms. The fourth-order valence-corrected chi connectivity index (χ4v) is 4.44. The first-order chi connectivity index (χ1) is 15.7.